The third-order valence-corrected chi connectivity index (χ3v) is 2.91. The minimum Gasteiger partial charge on any atom is -0.478 e. The highest BCUT2D eigenvalue weighted by molar-refractivity contribution is 5.93. The number of hydrogen-bond donors (Lipinski definition) is 1. The molecule has 0 aromatic carbocycles. The number of aliphatic carboxylic acids is 1. The molecular formula is C11H15NO5. The monoisotopic (exact) mass is 241 g/mol. The molecule has 6 heteroatoms. The van der Waals surface area contributed by atoms with Crippen molar-refractivity contribution in [1.29, 1.82) is 0 Å². The fourth-order valence-electron chi connectivity index (χ4n) is 2.16. The van der Waals surface area contributed by atoms with Crippen LogP contribution in [-0.4, -0.2) is 54.0 Å². The van der Waals surface area contributed by atoms with Gasteiger partial charge in [-0.2, -0.15) is 0 Å². The van der Waals surface area contributed by atoms with Crippen molar-refractivity contribution in [2.24, 2.45) is 0 Å². The summed E-state index contributed by atoms with van der Waals surface area (Å²) >= 11 is 0. The Bertz CT molecular complexity index is 346. The molecule has 2 fully saturated rings. The van der Waals surface area contributed by atoms with Crippen molar-refractivity contribution in [1.82, 2.24) is 4.90 Å². The van der Waals surface area contributed by atoms with Gasteiger partial charge in [0.2, 0.25) is 5.91 Å². The molecule has 2 heterocycles. The number of ether oxygens (including phenoxy) is 2. The Hall–Kier alpha value is -1.40. The molecule has 2 rings (SSSR count). The first-order valence-electron chi connectivity index (χ1n) is 5.59. The Kier molecular flexibility index (Phi) is 3.44. The van der Waals surface area contributed by atoms with E-state index in [4.69, 9.17) is 14.6 Å². The van der Waals surface area contributed by atoms with Crippen LogP contribution in [0.25, 0.3) is 0 Å². The molecule has 0 saturated carbocycles. The molecule has 0 aromatic heterocycles. The van der Waals surface area contributed by atoms with Crippen LogP contribution in [0.4, 0.5) is 0 Å². The fraction of sp³-hybridized carbons (Fsp3) is 0.636. The van der Waals surface area contributed by atoms with Gasteiger partial charge in [0, 0.05) is 25.1 Å². The number of carbonyl (C=O) groups excluding carboxylic acids is 1. The second-order valence-corrected chi connectivity index (χ2v) is 4.14. The van der Waals surface area contributed by atoms with E-state index in [-0.39, 0.29) is 5.91 Å². The van der Waals surface area contributed by atoms with Crippen LogP contribution in [0, 0.1) is 0 Å². The Morgan fingerprint density at radius 2 is 1.94 bits per heavy atom. The number of likely N-dealkylation sites (tertiary alicyclic amines) is 1. The van der Waals surface area contributed by atoms with E-state index in [9.17, 15) is 9.59 Å². The molecule has 6 nitrogen and oxygen atoms in total. The molecule has 0 bridgehead atoms. The van der Waals surface area contributed by atoms with Crippen molar-refractivity contribution >= 4 is 11.9 Å². The average molecular weight is 241 g/mol. The second-order valence-electron chi connectivity index (χ2n) is 4.14. The first kappa shape index (κ1) is 12.1. The molecule has 94 valence electrons. The number of carboxylic acid groups (broad SMARTS) is 1. The third-order valence-electron chi connectivity index (χ3n) is 2.91. The Morgan fingerprint density at radius 3 is 2.59 bits per heavy atom. The maximum absolute atomic E-state index is 11.7. The van der Waals surface area contributed by atoms with Crippen molar-refractivity contribution in [3.8, 4) is 0 Å². The van der Waals surface area contributed by atoms with Crippen LogP contribution in [0.15, 0.2) is 12.2 Å². The summed E-state index contributed by atoms with van der Waals surface area (Å²) in [7, 11) is 0. The lowest BCUT2D eigenvalue weighted by Gasteiger charge is -2.38. The molecule has 2 aliphatic heterocycles. The van der Waals surface area contributed by atoms with Crippen molar-refractivity contribution in [3.63, 3.8) is 0 Å². The number of nitrogens with zero attached hydrogens (tertiary/aromatic N) is 1. The lowest BCUT2D eigenvalue weighted by Crippen LogP contribution is -2.50. The number of carbonyl (C=O) groups is 2. The molecule has 1 spiro atoms. The largest absolute Gasteiger partial charge is 0.478 e. The van der Waals surface area contributed by atoms with Crippen molar-refractivity contribution in [3.05, 3.63) is 12.2 Å². The smallest absolute Gasteiger partial charge is 0.328 e. The van der Waals surface area contributed by atoms with Gasteiger partial charge in [-0.3, -0.25) is 4.79 Å². The van der Waals surface area contributed by atoms with Gasteiger partial charge in [0.05, 0.1) is 19.8 Å². The fourth-order valence-corrected chi connectivity index (χ4v) is 2.16. The summed E-state index contributed by atoms with van der Waals surface area (Å²) in [6.45, 7) is 2.08. The lowest BCUT2D eigenvalue weighted by atomic mass is 10.0. The zero-order chi connectivity index (χ0) is 12.3. The maximum atomic E-state index is 11.7. The minimum atomic E-state index is -1.13. The van der Waals surface area contributed by atoms with Crippen LogP contribution in [0.2, 0.25) is 0 Å². The number of rotatable bonds is 2. The van der Waals surface area contributed by atoms with Crippen molar-refractivity contribution < 1.29 is 24.2 Å². The molecule has 1 amide bonds. The maximum Gasteiger partial charge on any atom is 0.328 e. The molecule has 0 unspecified atom stereocenters. The number of piperidine rings is 1. The minimum absolute atomic E-state index is 0.314. The van der Waals surface area contributed by atoms with E-state index >= 15 is 0 Å². The molecule has 0 aliphatic carbocycles. The van der Waals surface area contributed by atoms with Crippen LogP contribution in [0.3, 0.4) is 0 Å². The van der Waals surface area contributed by atoms with Crippen LogP contribution in [-0.2, 0) is 19.1 Å². The van der Waals surface area contributed by atoms with Crippen molar-refractivity contribution in [2.45, 2.75) is 18.6 Å². The highest BCUT2D eigenvalue weighted by Gasteiger charge is 2.41. The van der Waals surface area contributed by atoms with E-state index in [0.29, 0.717) is 26.3 Å². The summed E-state index contributed by atoms with van der Waals surface area (Å²) in [6.07, 6.45) is 3.49. The van der Waals surface area contributed by atoms with E-state index < -0.39 is 11.8 Å². The van der Waals surface area contributed by atoms with Crippen molar-refractivity contribution in [2.75, 3.05) is 26.3 Å². The quantitative estimate of drug-likeness (QED) is 0.688. The highest BCUT2D eigenvalue weighted by atomic mass is 16.7. The van der Waals surface area contributed by atoms with Gasteiger partial charge in [0.25, 0.3) is 0 Å². The number of carboxylic acids is 1. The first-order chi connectivity index (χ1) is 8.11. The molecule has 17 heavy (non-hydrogen) atoms. The standard InChI is InChI=1S/C11H15NO5/c13-9(2-3-10(14)15)12-5-1-4-11(8-12)16-6-7-17-11/h2-3H,1,4-8H2,(H,14,15)/b3-2+. The average Bonchev–Trinajstić information content (AvgIpc) is 2.74. The number of hydrogen-bond acceptors (Lipinski definition) is 4. The van der Waals surface area contributed by atoms with Gasteiger partial charge in [-0.25, -0.2) is 4.79 Å². The first-order valence-corrected chi connectivity index (χ1v) is 5.59. The topological polar surface area (TPSA) is 76.1 Å². The zero-order valence-electron chi connectivity index (χ0n) is 9.42. The summed E-state index contributed by atoms with van der Waals surface area (Å²) < 4.78 is 11.1. The van der Waals surface area contributed by atoms with Crippen LogP contribution in [0.1, 0.15) is 12.8 Å². The predicted octanol–water partition coefficient (Wildman–Crippen LogP) is -0.00730. The van der Waals surface area contributed by atoms with Gasteiger partial charge in [-0.1, -0.05) is 0 Å². The summed E-state index contributed by atoms with van der Waals surface area (Å²) in [5.74, 6) is -2.10. The summed E-state index contributed by atoms with van der Waals surface area (Å²) in [6, 6.07) is 0. The SMILES string of the molecule is O=C(O)/C=C/C(=O)N1CCCC2(C1)OCCO2. The van der Waals surface area contributed by atoms with Gasteiger partial charge in [0.1, 0.15) is 0 Å². The Morgan fingerprint density at radius 1 is 1.24 bits per heavy atom. The van der Waals surface area contributed by atoms with Crippen LogP contribution in [0.5, 0.6) is 0 Å². The van der Waals surface area contributed by atoms with Gasteiger partial charge in [-0.05, 0) is 6.42 Å². The number of amides is 1. The predicted molar refractivity (Wildman–Crippen MR) is 57.2 cm³/mol. The molecule has 0 radical (unpaired) electrons. The highest BCUT2D eigenvalue weighted by Crippen LogP contribution is 2.30. The second kappa shape index (κ2) is 4.85. The lowest BCUT2D eigenvalue weighted by molar-refractivity contribution is -0.191. The molecule has 0 aromatic rings. The van der Waals surface area contributed by atoms with Gasteiger partial charge in [-0.15, -0.1) is 0 Å². The van der Waals surface area contributed by atoms with Gasteiger partial charge in [0.15, 0.2) is 5.79 Å². The molecule has 2 aliphatic rings. The Labute approximate surface area is 98.8 Å². The van der Waals surface area contributed by atoms with E-state index in [2.05, 4.69) is 0 Å². The molecular weight excluding hydrogens is 226 g/mol. The Balaban J connectivity index is 1.97. The van der Waals surface area contributed by atoms with E-state index in [1.165, 1.54) is 0 Å². The van der Waals surface area contributed by atoms with Gasteiger partial charge < -0.3 is 19.5 Å². The molecule has 1 N–H and O–H groups in total. The van der Waals surface area contributed by atoms with E-state index in [1.54, 1.807) is 4.90 Å². The molecule has 2 saturated heterocycles. The van der Waals surface area contributed by atoms with E-state index in [1.807, 2.05) is 0 Å². The van der Waals surface area contributed by atoms with Crippen LogP contribution >= 0.6 is 0 Å². The summed E-state index contributed by atoms with van der Waals surface area (Å²) in [5, 5.41) is 8.46. The van der Waals surface area contributed by atoms with Gasteiger partial charge >= 0.3 is 5.97 Å². The normalized spacial score (nSPS) is 23.4. The zero-order valence-corrected chi connectivity index (χ0v) is 9.42. The summed E-state index contributed by atoms with van der Waals surface area (Å²) in [4.78, 5) is 23.6. The molecule has 0 atom stereocenters. The third kappa shape index (κ3) is 2.83. The van der Waals surface area contributed by atoms with E-state index in [0.717, 1.165) is 25.0 Å². The summed E-state index contributed by atoms with van der Waals surface area (Å²) in [5.41, 5.74) is 0. The van der Waals surface area contributed by atoms with Crippen LogP contribution < -0.4 is 0 Å².